The highest BCUT2D eigenvalue weighted by molar-refractivity contribution is 5.88. The van der Waals surface area contributed by atoms with Crippen molar-refractivity contribution in [2.24, 2.45) is 5.92 Å². The molecule has 17 heavy (non-hydrogen) atoms. The maximum Gasteiger partial charge on any atom is 0.338 e. The molecule has 0 saturated carbocycles. The van der Waals surface area contributed by atoms with Crippen molar-refractivity contribution >= 4 is 11.7 Å². The van der Waals surface area contributed by atoms with Crippen LogP contribution in [0.25, 0.3) is 0 Å². The Morgan fingerprint density at radius 2 is 2.35 bits per heavy atom. The van der Waals surface area contributed by atoms with Gasteiger partial charge in [0.25, 0.3) is 0 Å². The zero-order valence-electron chi connectivity index (χ0n) is 9.82. The van der Waals surface area contributed by atoms with E-state index in [0.717, 1.165) is 31.6 Å². The summed E-state index contributed by atoms with van der Waals surface area (Å²) >= 11 is 0. The van der Waals surface area contributed by atoms with Gasteiger partial charge in [0.15, 0.2) is 0 Å². The van der Waals surface area contributed by atoms with E-state index in [1.165, 1.54) is 12.1 Å². The second-order valence-corrected chi connectivity index (χ2v) is 4.48. The molecule has 92 valence electrons. The summed E-state index contributed by atoms with van der Waals surface area (Å²) in [6.07, 6.45) is 2.25. The topological polar surface area (TPSA) is 40.5 Å². The monoisotopic (exact) mass is 237 g/mol. The lowest BCUT2D eigenvalue weighted by Gasteiger charge is -2.18. The first kappa shape index (κ1) is 11.9. The van der Waals surface area contributed by atoms with Crippen LogP contribution in [0.3, 0.4) is 0 Å². The molecule has 1 fully saturated rings. The van der Waals surface area contributed by atoms with Crippen molar-refractivity contribution in [3.63, 3.8) is 0 Å². The third-order valence-corrected chi connectivity index (χ3v) is 3.41. The van der Waals surface area contributed by atoms with Crippen LogP contribution in [-0.4, -0.2) is 24.2 Å². The molecule has 1 aliphatic heterocycles. The van der Waals surface area contributed by atoms with Gasteiger partial charge in [-0.2, -0.15) is 0 Å². The molecule has 0 aliphatic carbocycles. The maximum absolute atomic E-state index is 13.5. The smallest absolute Gasteiger partial charge is 0.338 e. The second kappa shape index (κ2) is 4.73. The molecular weight excluding hydrogens is 221 g/mol. The molecule has 3 nitrogen and oxygen atoms in total. The highest BCUT2D eigenvalue weighted by Crippen LogP contribution is 2.26. The first-order chi connectivity index (χ1) is 8.11. The number of nitrogens with zero attached hydrogens (tertiary/aromatic N) is 1. The molecule has 1 saturated heterocycles. The standard InChI is InChI=1S/C13H16FNO2/c1-2-9-5-6-15(8-9)10-3-4-11(13(16)17)12(14)7-10/h3-4,7,9H,2,5-6,8H2,1H3,(H,16,17). The third kappa shape index (κ3) is 2.40. The average Bonchev–Trinajstić information content (AvgIpc) is 2.76. The summed E-state index contributed by atoms with van der Waals surface area (Å²) in [5, 5.41) is 8.75. The Labute approximate surface area is 99.9 Å². The van der Waals surface area contributed by atoms with Crippen molar-refractivity contribution in [1.82, 2.24) is 0 Å². The number of hydrogen-bond donors (Lipinski definition) is 1. The van der Waals surface area contributed by atoms with Gasteiger partial charge in [-0.25, -0.2) is 9.18 Å². The van der Waals surface area contributed by atoms with E-state index in [9.17, 15) is 9.18 Å². The van der Waals surface area contributed by atoms with Gasteiger partial charge in [0.05, 0.1) is 5.56 Å². The van der Waals surface area contributed by atoms with Crippen LogP contribution < -0.4 is 4.90 Å². The maximum atomic E-state index is 13.5. The first-order valence-corrected chi connectivity index (χ1v) is 5.89. The lowest BCUT2D eigenvalue weighted by atomic mass is 10.1. The SMILES string of the molecule is CCC1CCN(c2ccc(C(=O)O)c(F)c2)C1. The summed E-state index contributed by atoms with van der Waals surface area (Å²) in [4.78, 5) is 12.8. The van der Waals surface area contributed by atoms with Gasteiger partial charge in [-0.15, -0.1) is 0 Å². The number of carboxylic acid groups (broad SMARTS) is 1. The molecule has 1 N–H and O–H groups in total. The zero-order chi connectivity index (χ0) is 12.4. The Balaban J connectivity index is 2.18. The van der Waals surface area contributed by atoms with Crippen molar-refractivity contribution in [3.05, 3.63) is 29.6 Å². The summed E-state index contributed by atoms with van der Waals surface area (Å²) in [7, 11) is 0. The van der Waals surface area contributed by atoms with Gasteiger partial charge < -0.3 is 10.0 Å². The highest BCUT2D eigenvalue weighted by atomic mass is 19.1. The Morgan fingerprint density at radius 3 is 2.88 bits per heavy atom. The third-order valence-electron chi connectivity index (χ3n) is 3.41. The molecule has 1 unspecified atom stereocenters. The molecule has 0 radical (unpaired) electrons. The minimum Gasteiger partial charge on any atom is -0.478 e. The Morgan fingerprint density at radius 1 is 1.59 bits per heavy atom. The number of benzene rings is 1. The van der Waals surface area contributed by atoms with E-state index < -0.39 is 11.8 Å². The molecule has 1 aromatic carbocycles. The summed E-state index contributed by atoms with van der Waals surface area (Å²) in [6, 6.07) is 4.35. The summed E-state index contributed by atoms with van der Waals surface area (Å²) in [6.45, 7) is 4.01. The number of halogens is 1. The van der Waals surface area contributed by atoms with Gasteiger partial charge in [-0.3, -0.25) is 0 Å². The van der Waals surface area contributed by atoms with Gasteiger partial charge in [-0.1, -0.05) is 13.3 Å². The number of anilines is 1. The van der Waals surface area contributed by atoms with Crippen LogP contribution in [0.15, 0.2) is 18.2 Å². The van der Waals surface area contributed by atoms with Crippen LogP contribution >= 0.6 is 0 Å². The number of hydrogen-bond acceptors (Lipinski definition) is 2. The van der Waals surface area contributed by atoms with Crippen LogP contribution in [0.2, 0.25) is 0 Å². The van der Waals surface area contributed by atoms with Gasteiger partial charge in [0.2, 0.25) is 0 Å². The molecular formula is C13H16FNO2. The number of carboxylic acids is 1. The molecule has 2 rings (SSSR count). The molecule has 0 bridgehead atoms. The minimum absolute atomic E-state index is 0.264. The summed E-state index contributed by atoms with van der Waals surface area (Å²) in [5.74, 6) is -1.21. The van der Waals surface area contributed by atoms with E-state index in [4.69, 9.17) is 5.11 Å². The largest absolute Gasteiger partial charge is 0.478 e. The fraction of sp³-hybridized carbons (Fsp3) is 0.462. The molecule has 0 spiro atoms. The van der Waals surface area contributed by atoms with Crippen molar-refractivity contribution in [3.8, 4) is 0 Å². The van der Waals surface area contributed by atoms with Crippen molar-refractivity contribution < 1.29 is 14.3 Å². The summed E-state index contributed by atoms with van der Waals surface area (Å²) in [5.41, 5.74) is 0.517. The van der Waals surface area contributed by atoms with Crippen LogP contribution in [0, 0.1) is 11.7 Å². The lowest BCUT2D eigenvalue weighted by molar-refractivity contribution is 0.0692. The fourth-order valence-electron chi connectivity index (χ4n) is 2.27. The van der Waals surface area contributed by atoms with Crippen molar-refractivity contribution in [1.29, 1.82) is 0 Å². The normalized spacial score (nSPS) is 19.6. The van der Waals surface area contributed by atoms with E-state index in [2.05, 4.69) is 11.8 Å². The molecule has 0 aromatic heterocycles. The van der Waals surface area contributed by atoms with Crippen LogP contribution in [-0.2, 0) is 0 Å². The predicted octanol–water partition coefficient (Wildman–Crippen LogP) is 2.76. The molecule has 1 heterocycles. The van der Waals surface area contributed by atoms with Crippen molar-refractivity contribution in [2.75, 3.05) is 18.0 Å². The van der Waals surface area contributed by atoms with Gasteiger partial charge in [-0.05, 0) is 30.5 Å². The first-order valence-electron chi connectivity index (χ1n) is 5.89. The Bertz CT molecular complexity index is 433. The quantitative estimate of drug-likeness (QED) is 0.878. The predicted molar refractivity (Wildman–Crippen MR) is 64.0 cm³/mol. The lowest BCUT2D eigenvalue weighted by Crippen LogP contribution is -2.19. The van der Waals surface area contributed by atoms with Crippen LogP contribution in [0.1, 0.15) is 30.1 Å². The van der Waals surface area contributed by atoms with Gasteiger partial charge >= 0.3 is 5.97 Å². The number of rotatable bonds is 3. The van der Waals surface area contributed by atoms with Crippen molar-refractivity contribution in [2.45, 2.75) is 19.8 Å². The van der Waals surface area contributed by atoms with Crippen LogP contribution in [0.4, 0.5) is 10.1 Å². The minimum atomic E-state index is -1.22. The molecule has 0 amide bonds. The van der Waals surface area contributed by atoms with E-state index >= 15 is 0 Å². The molecule has 4 heteroatoms. The van der Waals surface area contributed by atoms with Gasteiger partial charge in [0, 0.05) is 18.8 Å². The van der Waals surface area contributed by atoms with E-state index in [0.29, 0.717) is 5.92 Å². The Kier molecular flexibility index (Phi) is 3.31. The van der Waals surface area contributed by atoms with Gasteiger partial charge in [0.1, 0.15) is 5.82 Å². The molecule has 1 atom stereocenters. The average molecular weight is 237 g/mol. The van der Waals surface area contributed by atoms with Crippen LogP contribution in [0.5, 0.6) is 0 Å². The molecule has 1 aromatic rings. The summed E-state index contributed by atoms with van der Waals surface area (Å²) < 4.78 is 13.5. The second-order valence-electron chi connectivity index (χ2n) is 4.48. The van der Waals surface area contributed by atoms with E-state index in [-0.39, 0.29) is 5.56 Å². The number of carbonyl (C=O) groups is 1. The Hall–Kier alpha value is -1.58. The number of aromatic carboxylic acids is 1. The zero-order valence-corrected chi connectivity index (χ0v) is 9.82. The van der Waals surface area contributed by atoms with E-state index in [1.54, 1.807) is 6.07 Å². The molecule has 1 aliphatic rings. The fourth-order valence-corrected chi connectivity index (χ4v) is 2.27. The highest BCUT2D eigenvalue weighted by Gasteiger charge is 2.22. The van der Waals surface area contributed by atoms with E-state index in [1.807, 2.05) is 0 Å².